The fourth-order valence-electron chi connectivity index (χ4n) is 2.76. The molecule has 0 bridgehead atoms. The Hall–Kier alpha value is -1.71. The highest BCUT2D eigenvalue weighted by Crippen LogP contribution is 2.36. The molecule has 1 aromatic heterocycles. The van der Waals surface area contributed by atoms with E-state index in [1.54, 1.807) is 24.3 Å². The van der Waals surface area contributed by atoms with Crippen LogP contribution in [0.3, 0.4) is 0 Å². The Morgan fingerprint density at radius 1 is 0.960 bits per heavy atom. The van der Waals surface area contributed by atoms with Crippen molar-refractivity contribution in [2.75, 3.05) is 0 Å². The predicted molar refractivity (Wildman–Crippen MR) is 106 cm³/mol. The molecule has 1 heterocycles. The lowest BCUT2D eigenvalue weighted by atomic mass is 9.97. The molecule has 0 spiro atoms. The quantitative estimate of drug-likeness (QED) is 0.500. The lowest BCUT2D eigenvalue weighted by Gasteiger charge is -2.14. The van der Waals surface area contributed by atoms with Gasteiger partial charge in [0.1, 0.15) is 6.10 Å². The maximum atomic E-state index is 10.9. The Morgan fingerprint density at radius 2 is 1.64 bits per heavy atom. The maximum absolute atomic E-state index is 10.9. The van der Waals surface area contributed by atoms with E-state index in [1.165, 1.54) is 0 Å². The first-order chi connectivity index (χ1) is 12.0. The summed E-state index contributed by atoms with van der Waals surface area (Å²) >= 11 is 18.2. The van der Waals surface area contributed by atoms with Crippen LogP contribution in [-0.2, 0) is 6.54 Å². The van der Waals surface area contributed by atoms with Gasteiger partial charge in [-0.3, -0.25) is 0 Å². The molecule has 1 N–H and O–H groups in total. The number of nitrogens with zero attached hydrogens (tertiary/aromatic N) is 1. The van der Waals surface area contributed by atoms with Crippen LogP contribution in [0.4, 0.5) is 0 Å². The van der Waals surface area contributed by atoms with Gasteiger partial charge in [-0.25, -0.2) is 0 Å². The molecule has 0 saturated heterocycles. The molecule has 0 amide bonds. The van der Waals surface area contributed by atoms with E-state index in [1.807, 2.05) is 41.2 Å². The van der Waals surface area contributed by atoms with E-state index in [4.69, 9.17) is 34.8 Å². The van der Waals surface area contributed by atoms with Crippen LogP contribution in [0, 0.1) is 0 Å². The average Bonchev–Trinajstić information content (AvgIpc) is 2.99. The molecule has 25 heavy (non-hydrogen) atoms. The van der Waals surface area contributed by atoms with Crippen molar-refractivity contribution in [2.24, 2.45) is 0 Å². The maximum Gasteiger partial charge on any atom is 0.108 e. The number of halogens is 3. The van der Waals surface area contributed by atoms with Crippen molar-refractivity contribution < 1.29 is 5.11 Å². The van der Waals surface area contributed by atoms with Crippen LogP contribution in [0.25, 0.3) is 11.1 Å². The van der Waals surface area contributed by atoms with Crippen molar-refractivity contribution in [1.82, 2.24) is 4.57 Å². The summed E-state index contributed by atoms with van der Waals surface area (Å²) in [5.41, 5.74) is 3.24. The van der Waals surface area contributed by atoms with Crippen molar-refractivity contribution in [3.05, 3.63) is 93.7 Å². The van der Waals surface area contributed by atoms with E-state index in [9.17, 15) is 5.11 Å². The van der Waals surface area contributed by atoms with Crippen LogP contribution in [0.1, 0.15) is 17.2 Å². The van der Waals surface area contributed by atoms with Gasteiger partial charge in [0, 0.05) is 50.7 Å². The number of hydrogen-bond acceptors (Lipinski definition) is 1. The standard InChI is InChI=1S/C20H16Cl3NO/c1-2-9-24-11-17(13-3-5-14(21)6-4-13)18(12-24)20(25)16-8-7-15(22)10-19(16)23/h2-8,10-12,20,25H,1,9H2. The minimum Gasteiger partial charge on any atom is -0.384 e. The largest absolute Gasteiger partial charge is 0.384 e. The van der Waals surface area contributed by atoms with Gasteiger partial charge in [-0.15, -0.1) is 6.58 Å². The van der Waals surface area contributed by atoms with Crippen molar-refractivity contribution in [3.63, 3.8) is 0 Å². The van der Waals surface area contributed by atoms with Crippen LogP contribution in [-0.4, -0.2) is 9.67 Å². The molecule has 2 nitrogen and oxygen atoms in total. The molecule has 1 atom stereocenters. The number of allylic oxidation sites excluding steroid dienone is 1. The molecule has 0 radical (unpaired) electrons. The minimum atomic E-state index is -0.874. The number of hydrogen-bond donors (Lipinski definition) is 1. The zero-order valence-electron chi connectivity index (χ0n) is 13.3. The topological polar surface area (TPSA) is 25.2 Å². The predicted octanol–water partition coefficient (Wildman–Crippen LogP) is 6.38. The fraction of sp³-hybridized carbons (Fsp3) is 0.100. The highest BCUT2D eigenvalue weighted by molar-refractivity contribution is 6.35. The Morgan fingerprint density at radius 3 is 2.28 bits per heavy atom. The molecule has 3 rings (SSSR count). The van der Waals surface area contributed by atoms with E-state index in [0.717, 1.165) is 16.7 Å². The van der Waals surface area contributed by atoms with Gasteiger partial charge in [0.15, 0.2) is 0 Å². The SMILES string of the molecule is C=CCn1cc(-c2ccc(Cl)cc2)c(C(O)c2ccc(Cl)cc2Cl)c1. The second kappa shape index (κ2) is 7.67. The van der Waals surface area contributed by atoms with E-state index >= 15 is 0 Å². The number of aliphatic hydroxyl groups excluding tert-OH is 1. The van der Waals surface area contributed by atoms with E-state index in [-0.39, 0.29) is 0 Å². The zero-order chi connectivity index (χ0) is 18.0. The normalized spacial score (nSPS) is 12.2. The Labute approximate surface area is 161 Å². The second-order valence-electron chi connectivity index (χ2n) is 5.69. The Bertz CT molecular complexity index is 900. The number of benzene rings is 2. The molecule has 5 heteroatoms. The molecule has 0 fully saturated rings. The third-order valence-electron chi connectivity index (χ3n) is 3.96. The molecule has 0 aliphatic rings. The van der Waals surface area contributed by atoms with Gasteiger partial charge < -0.3 is 9.67 Å². The summed E-state index contributed by atoms with van der Waals surface area (Å²) in [4.78, 5) is 0. The van der Waals surface area contributed by atoms with Crippen LogP contribution >= 0.6 is 34.8 Å². The monoisotopic (exact) mass is 391 g/mol. The molecule has 3 aromatic rings. The third kappa shape index (κ3) is 3.94. The van der Waals surface area contributed by atoms with Gasteiger partial charge in [-0.1, -0.05) is 59.1 Å². The summed E-state index contributed by atoms with van der Waals surface area (Å²) in [6, 6.07) is 12.6. The summed E-state index contributed by atoms with van der Waals surface area (Å²) in [7, 11) is 0. The van der Waals surface area contributed by atoms with Gasteiger partial charge in [-0.05, 0) is 29.8 Å². The molecule has 128 valence electrons. The average molecular weight is 393 g/mol. The van der Waals surface area contributed by atoms with Gasteiger partial charge in [0.05, 0.1) is 0 Å². The van der Waals surface area contributed by atoms with Gasteiger partial charge in [0.2, 0.25) is 0 Å². The summed E-state index contributed by atoms with van der Waals surface area (Å²) in [5, 5.41) is 12.6. The molecular formula is C20H16Cl3NO. The Kier molecular flexibility index (Phi) is 5.55. The molecule has 0 aliphatic carbocycles. The smallest absolute Gasteiger partial charge is 0.108 e. The molecule has 0 saturated carbocycles. The van der Waals surface area contributed by atoms with Gasteiger partial charge >= 0.3 is 0 Å². The molecule has 0 aliphatic heterocycles. The van der Waals surface area contributed by atoms with Crippen molar-refractivity contribution in [3.8, 4) is 11.1 Å². The van der Waals surface area contributed by atoms with Crippen molar-refractivity contribution >= 4 is 34.8 Å². The van der Waals surface area contributed by atoms with Crippen LogP contribution < -0.4 is 0 Å². The molecule has 1 unspecified atom stereocenters. The Balaban J connectivity index is 2.10. The van der Waals surface area contributed by atoms with Crippen LogP contribution in [0.15, 0.2) is 67.5 Å². The van der Waals surface area contributed by atoms with E-state index < -0.39 is 6.10 Å². The third-order valence-corrected chi connectivity index (χ3v) is 4.77. The van der Waals surface area contributed by atoms with Gasteiger partial charge in [-0.2, -0.15) is 0 Å². The van der Waals surface area contributed by atoms with E-state index in [2.05, 4.69) is 6.58 Å². The number of rotatable bonds is 5. The fourth-order valence-corrected chi connectivity index (χ4v) is 3.40. The summed E-state index contributed by atoms with van der Waals surface area (Å²) in [6.07, 6.45) is 4.81. The minimum absolute atomic E-state index is 0.429. The lowest BCUT2D eigenvalue weighted by molar-refractivity contribution is 0.221. The molecule has 2 aromatic carbocycles. The summed E-state index contributed by atoms with van der Waals surface area (Å²) < 4.78 is 1.97. The van der Waals surface area contributed by atoms with Crippen molar-refractivity contribution in [2.45, 2.75) is 12.6 Å². The summed E-state index contributed by atoms with van der Waals surface area (Å²) in [6.45, 7) is 4.41. The first-order valence-electron chi connectivity index (χ1n) is 7.69. The zero-order valence-corrected chi connectivity index (χ0v) is 15.6. The second-order valence-corrected chi connectivity index (χ2v) is 6.97. The number of aromatic nitrogens is 1. The first kappa shape index (κ1) is 18.1. The number of aliphatic hydroxyl groups is 1. The van der Waals surface area contributed by atoms with Crippen molar-refractivity contribution in [1.29, 1.82) is 0 Å². The molecular weight excluding hydrogens is 377 g/mol. The van der Waals surface area contributed by atoms with Gasteiger partial charge in [0.25, 0.3) is 0 Å². The highest BCUT2D eigenvalue weighted by Gasteiger charge is 2.20. The van der Waals surface area contributed by atoms with Crippen LogP contribution in [0.5, 0.6) is 0 Å². The highest BCUT2D eigenvalue weighted by atomic mass is 35.5. The summed E-state index contributed by atoms with van der Waals surface area (Å²) in [5.74, 6) is 0. The van der Waals surface area contributed by atoms with E-state index in [0.29, 0.717) is 27.2 Å². The first-order valence-corrected chi connectivity index (χ1v) is 8.82. The lowest BCUT2D eigenvalue weighted by Crippen LogP contribution is -2.01. The van der Waals surface area contributed by atoms with Crippen LogP contribution in [0.2, 0.25) is 15.1 Å².